The highest BCUT2D eigenvalue weighted by Crippen LogP contribution is 2.29. The molecule has 2 rings (SSSR count). The molecule has 0 radical (unpaired) electrons. The van der Waals surface area contributed by atoms with Crippen LogP contribution in [0.25, 0.3) is 0 Å². The number of ether oxygens (including phenoxy) is 1. The number of benzene rings is 1. The summed E-state index contributed by atoms with van der Waals surface area (Å²) in [6, 6.07) is 6.15. The molecule has 1 aromatic carbocycles. The van der Waals surface area contributed by atoms with Gasteiger partial charge >= 0.3 is 0 Å². The molecule has 9 heteroatoms. The minimum atomic E-state index is -3.52. The van der Waals surface area contributed by atoms with Crippen molar-refractivity contribution in [2.24, 2.45) is 11.8 Å². The van der Waals surface area contributed by atoms with Gasteiger partial charge < -0.3 is 15.4 Å². The largest absolute Gasteiger partial charge is 0.383 e. The number of nitrogens with one attached hydrogen (secondary N) is 3. The van der Waals surface area contributed by atoms with Crippen LogP contribution < -0.4 is 15.4 Å². The van der Waals surface area contributed by atoms with E-state index in [9.17, 15) is 18.0 Å². The molecule has 3 N–H and O–H groups in total. The fourth-order valence-corrected chi connectivity index (χ4v) is 4.60. The first kappa shape index (κ1) is 24.3. The molecular weight excluding hydrogens is 406 g/mol. The van der Waals surface area contributed by atoms with E-state index >= 15 is 0 Å². The lowest BCUT2D eigenvalue weighted by atomic mass is 9.81. The van der Waals surface area contributed by atoms with Crippen molar-refractivity contribution in [3.63, 3.8) is 0 Å². The maximum absolute atomic E-state index is 12.5. The molecule has 0 aliphatic heterocycles. The Morgan fingerprint density at radius 1 is 1.13 bits per heavy atom. The van der Waals surface area contributed by atoms with Crippen LogP contribution in [0.5, 0.6) is 0 Å². The van der Waals surface area contributed by atoms with E-state index in [0.717, 1.165) is 18.4 Å². The van der Waals surface area contributed by atoms with E-state index in [2.05, 4.69) is 15.4 Å². The first-order valence-corrected chi connectivity index (χ1v) is 11.8. The second kappa shape index (κ2) is 11.4. The Hall–Kier alpha value is -1.97. The van der Waals surface area contributed by atoms with Crippen molar-refractivity contribution in [1.29, 1.82) is 0 Å². The van der Waals surface area contributed by atoms with Gasteiger partial charge in [0.05, 0.1) is 11.5 Å². The first-order chi connectivity index (χ1) is 14.2. The second-order valence-electron chi connectivity index (χ2n) is 7.90. The van der Waals surface area contributed by atoms with Gasteiger partial charge in [-0.1, -0.05) is 17.7 Å². The molecule has 1 aromatic rings. The number of rotatable bonds is 10. The van der Waals surface area contributed by atoms with Crippen LogP contribution in [0.1, 0.15) is 38.2 Å². The zero-order chi connectivity index (χ0) is 22.1. The molecule has 168 valence electrons. The Morgan fingerprint density at radius 2 is 1.77 bits per heavy atom. The number of carbonyl (C=O) groups excluding carboxylic acids is 2. The average Bonchev–Trinajstić information content (AvgIpc) is 2.73. The SMILES string of the molecule is COCCNC(=O)[C@@H](C)NC(=O)C1CCC(CNS(=O)(=O)c2ccc(C)cc2)CC1. The summed E-state index contributed by atoms with van der Waals surface area (Å²) in [5.74, 6) is -0.309. The molecule has 0 heterocycles. The third kappa shape index (κ3) is 7.37. The van der Waals surface area contributed by atoms with Crippen molar-refractivity contribution < 1.29 is 22.7 Å². The molecule has 1 aliphatic carbocycles. The first-order valence-electron chi connectivity index (χ1n) is 10.4. The lowest BCUT2D eigenvalue weighted by Crippen LogP contribution is -2.47. The zero-order valence-electron chi connectivity index (χ0n) is 17.9. The molecule has 30 heavy (non-hydrogen) atoms. The molecule has 0 unspecified atom stereocenters. The van der Waals surface area contributed by atoms with Crippen molar-refractivity contribution in [3.8, 4) is 0 Å². The predicted molar refractivity (Wildman–Crippen MR) is 114 cm³/mol. The van der Waals surface area contributed by atoms with Crippen molar-refractivity contribution >= 4 is 21.8 Å². The Bertz CT molecular complexity index is 802. The van der Waals surface area contributed by atoms with Gasteiger partial charge in [0.25, 0.3) is 0 Å². The van der Waals surface area contributed by atoms with Crippen molar-refractivity contribution in [2.75, 3.05) is 26.8 Å². The number of aryl methyl sites for hydroxylation is 1. The van der Waals surface area contributed by atoms with Gasteiger partial charge in [-0.2, -0.15) is 0 Å². The van der Waals surface area contributed by atoms with E-state index in [0.29, 0.717) is 32.5 Å². The maximum Gasteiger partial charge on any atom is 0.242 e. The van der Waals surface area contributed by atoms with E-state index in [1.807, 2.05) is 6.92 Å². The van der Waals surface area contributed by atoms with Crippen molar-refractivity contribution in [2.45, 2.75) is 50.5 Å². The van der Waals surface area contributed by atoms with E-state index in [4.69, 9.17) is 4.74 Å². The Labute approximate surface area is 179 Å². The van der Waals surface area contributed by atoms with E-state index in [1.54, 1.807) is 38.3 Å². The van der Waals surface area contributed by atoms with Crippen LogP contribution in [-0.2, 0) is 24.3 Å². The Morgan fingerprint density at radius 3 is 2.37 bits per heavy atom. The number of sulfonamides is 1. The summed E-state index contributed by atoms with van der Waals surface area (Å²) in [5.41, 5.74) is 1.01. The molecule has 2 amide bonds. The van der Waals surface area contributed by atoms with Crippen molar-refractivity contribution in [3.05, 3.63) is 29.8 Å². The lowest BCUT2D eigenvalue weighted by molar-refractivity contribution is -0.131. The van der Waals surface area contributed by atoms with Crippen molar-refractivity contribution in [1.82, 2.24) is 15.4 Å². The quantitative estimate of drug-likeness (QED) is 0.476. The number of hydrogen-bond acceptors (Lipinski definition) is 5. The lowest BCUT2D eigenvalue weighted by Gasteiger charge is -2.28. The molecule has 1 saturated carbocycles. The van der Waals surface area contributed by atoms with Crippen LogP contribution in [0.15, 0.2) is 29.2 Å². The molecular formula is C21H33N3O5S. The van der Waals surface area contributed by atoms with Gasteiger partial charge in [-0.05, 0) is 57.6 Å². The minimum absolute atomic E-state index is 0.122. The molecule has 1 fully saturated rings. The number of amides is 2. The van der Waals surface area contributed by atoms with Crippen LogP contribution in [0.2, 0.25) is 0 Å². The van der Waals surface area contributed by atoms with Crippen LogP contribution in [0.4, 0.5) is 0 Å². The molecule has 1 aliphatic rings. The summed E-state index contributed by atoms with van der Waals surface area (Å²) in [4.78, 5) is 24.7. The highest BCUT2D eigenvalue weighted by atomic mass is 32.2. The normalized spacial score (nSPS) is 20.4. The second-order valence-corrected chi connectivity index (χ2v) is 9.66. The summed E-state index contributed by atoms with van der Waals surface area (Å²) >= 11 is 0. The van der Waals surface area contributed by atoms with E-state index in [1.165, 1.54) is 0 Å². The highest BCUT2D eigenvalue weighted by molar-refractivity contribution is 7.89. The monoisotopic (exact) mass is 439 g/mol. The van der Waals surface area contributed by atoms with Crippen LogP contribution in [0.3, 0.4) is 0 Å². The minimum Gasteiger partial charge on any atom is -0.383 e. The van der Waals surface area contributed by atoms with Gasteiger partial charge in [-0.25, -0.2) is 13.1 Å². The third-order valence-electron chi connectivity index (χ3n) is 5.47. The summed E-state index contributed by atoms with van der Waals surface area (Å²) < 4.78 is 32.4. The summed E-state index contributed by atoms with van der Waals surface area (Å²) in [7, 11) is -1.97. The van der Waals surface area contributed by atoms with Gasteiger partial charge in [0.1, 0.15) is 6.04 Å². The Balaban J connectivity index is 1.74. The number of hydrogen-bond donors (Lipinski definition) is 3. The average molecular weight is 440 g/mol. The molecule has 0 bridgehead atoms. The topological polar surface area (TPSA) is 114 Å². The summed E-state index contributed by atoms with van der Waals surface area (Å²) in [6.45, 7) is 4.75. The maximum atomic E-state index is 12.5. The zero-order valence-corrected chi connectivity index (χ0v) is 18.8. The van der Waals surface area contributed by atoms with Crippen LogP contribution in [-0.4, -0.2) is 53.1 Å². The molecule has 0 aromatic heterocycles. The van der Waals surface area contributed by atoms with E-state index < -0.39 is 16.1 Å². The van der Waals surface area contributed by atoms with Gasteiger partial charge in [0, 0.05) is 26.1 Å². The number of carbonyl (C=O) groups is 2. The smallest absolute Gasteiger partial charge is 0.242 e. The fourth-order valence-electron chi connectivity index (χ4n) is 3.48. The van der Waals surface area contributed by atoms with Gasteiger partial charge in [-0.15, -0.1) is 0 Å². The van der Waals surface area contributed by atoms with Crippen LogP contribution >= 0.6 is 0 Å². The molecule has 0 spiro atoms. The van der Waals surface area contributed by atoms with Gasteiger partial charge in [0.15, 0.2) is 0 Å². The molecule has 0 saturated heterocycles. The third-order valence-corrected chi connectivity index (χ3v) is 6.91. The summed E-state index contributed by atoms with van der Waals surface area (Å²) in [6.07, 6.45) is 2.90. The molecule has 1 atom stereocenters. The summed E-state index contributed by atoms with van der Waals surface area (Å²) in [5, 5.41) is 5.47. The Kier molecular flexibility index (Phi) is 9.26. The van der Waals surface area contributed by atoms with E-state index in [-0.39, 0.29) is 28.5 Å². The van der Waals surface area contributed by atoms with Gasteiger partial charge in [0.2, 0.25) is 21.8 Å². The fraction of sp³-hybridized carbons (Fsp3) is 0.619. The number of methoxy groups -OCH3 is 1. The van der Waals surface area contributed by atoms with Gasteiger partial charge in [-0.3, -0.25) is 9.59 Å². The standard InChI is InChI=1S/C21H33N3O5S/c1-15-4-10-19(11-5-15)30(27,28)23-14-17-6-8-18(9-7-17)21(26)24-16(2)20(25)22-12-13-29-3/h4-5,10-11,16-18,23H,6-9,12-14H2,1-3H3,(H,22,25)(H,24,26)/t16-,17?,18?/m1/s1. The molecule has 8 nitrogen and oxygen atoms in total. The van der Waals surface area contributed by atoms with Crippen LogP contribution in [0, 0.1) is 18.8 Å². The highest BCUT2D eigenvalue weighted by Gasteiger charge is 2.28. The predicted octanol–water partition coefficient (Wildman–Crippen LogP) is 1.35.